The second kappa shape index (κ2) is 5.30. The molecule has 4 nitrogen and oxygen atoms in total. The first kappa shape index (κ1) is 13.1. The molecule has 1 aliphatic heterocycles. The summed E-state index contributed by atoms with van der Waals surface area (Å²) in [6.07, 6.45) is 6.13. The highest BCUT2D eigenvalue weighted by molar-refractivity contribution is 7.17. The smallest absolute Gasteiger partial charge is 0.223 e. The van der Waals surface area contributed by atoms with Gasteiger partial charge >= 0.3 is 0 Å². The van der Waals surface area contributed by atoms with Crippen molar-refractivity contribution in [2.45, 2.75) is 31.7 Å². The number of aromatic nitrogens is 1. The normalized spacial score (nSPS) is 19.9. The first-order valence-corrected chi connectivity index (χ1v) is 8.57. The van der Waals surface area contributed by atoms with Crippen LogP contribution in [0.4, 0.5) is 5.69 Å². The van der Waals surface area contributed by atoms with Gasteiger partial charge in [0.1, 0.15) is 0 Å². The lowest BCUT2D eigenvalue weighted by atomic mass is 10.0. The average molecular weight is 301 g/mol. The SMILES string of the molecule is O=C(NC1CCN(c2ccnc3ccsc23)CC1)C1CC1. The number of carbonyl (C=O) groups is 1. The van der Waals surface area contributed by atoms with E-state index < -0.39 is 0 Å². The summed E-state index contributed by atoms with van der Waals surface area (Å²) in [5.41, 5.74) is 2.38. The molecule has 2 aliphatic rings. The maximum absolute atomic E-state index is 11.8. The Hall–Kier alpha value is -1.62. The molecule has 0 atom stereocenters. The minimum atomic E-state index is 0.276. The number of carbonyl (C=O) groups excluding carboxylic acids is 1. The molecule has 0 unspecified atom stereocenters. The number of nitrogens with one attached hydrogen (secondary N) is 1. The number of pyridine rings is 1. The Labute approximate surface area is 128 Å². The average Bonchev–Trinajstić information content (AvgIpc) is 3.25. The molecular formula is C16H19N3OS. The van der Waals surface area contributed by atoms with Crippen LogP contribution >= 0.6 is 11.3 Å². The van der Waals surface area contributed by atoms with Gasteiger partial charge in [0, 0.05) is 31.2 Å². The third-order valence-corrected chi connectivity index (χ3v) is 5.38. The van der Waals surface area contributed by atoms with Crippen molar-refractivity contribution in [2.75, 3.05) is 18.0 Å². The van der Waals surface area contributed by atoms with Gasteiger partial charge in [0.2, 0.25) is 5.91 Å². The highest BCUT2D eigenvalue weighted by atomic mass is 32.1. The van der Waals surface area contributed by atoms with Crippen molar-refractivity contribution in [3.8, 4) is 0 Å². The number of hydrogen-bond donors (Lipinski definition) is 1. The summed E-state index contributed by atoms with van der Waals surface area (Å²) >= 11 is 1.76. The maximum atomic E-state index is 11.8. The van der Waals surface area contributed by atoms with Gasteiger partial charge in [0.15, 0.2) is 0 Å². The monoisotopic (exact) mass is 301 g/mol. The molecule has 1 N–H and O–H groups in total. The van der Waals surface area contributed by atoms with Gasteiger partial charge in [-0.3, -0.25) is 9.78 Å². The van der Waals surface area contributed by atoms with Crippen LogP contribution < -0.4 is 10.2 Å². The van der Waals surface area contributed by atoms with Gasteiger partial charge in [0.05, 0.1) is 15.9 Å². The Kier molecular flexibility index (Phi) is 3.30. The Morgan fingerprint density at radius 1 is 1.24 bits per heavy atom. The fraction of sp³-hybridized carbons (Fsp3) is 0.500. The van der Waals surface area contributed by atoms with Crippen molar-refractivity contribution < 1.29 is 4.79 Å². The van der Waals surface area contributed by atoms with E-state index in [-0.39, 0.29) is 5.91 Å². The van der Waals surface area contributed by atoms with Gasteiger partial charge in [0.25, 0.3) is 0 Å². The fourth-order valence-electron chi connectivity index (χ4n) is 3.04. The third kappa shape index (κ3) is 2.62. The van der Waals surface area contributed by atoms with Gasteiger partial charge < -0.3 is 10.2 Å². The zero-order chi connectivity index (χ0) is 14.2. The van der Waals surface area contributed by atoms with Crippen LogP contribution in [0.1, 0.15) is 25.7 Å². The number of nitrogens with zero attached hydrogens (tertiary/aromatic N) is 2. The van der Waals surface area contributed by atoms with Gasteiger partial charge in [-0.15, -0.1) is 11.3 Å². The zero-order valence-electron chi connectivity index (χ0n) is 11.9. The molecule has 2 fully saturated rings. The summed E-state index contributed by atoms with van der Waals surface area (Å²) in [6, 6.07) is 4.55. The van der Waals surface area contributed by atoms with Crippen LogP contribution in [0.15, 0.2) is 23.7 Å². The van der Waals surface area contributed by atoms with Crippen LogP contribution in [0.2, 0.25) is 0 Å². The number of hydrogen-bond acceptors (Lipinski definition) is 4. The van der Waals surface area contributed by atoms with E-state index in [1.165, 1.54) is 10.4 Å². The minimum absolute atomic E-state index is 0.276. The van der Waals surface area contributed by atoms with Gasteiger partial charge in [-0.1, -0.05) is 0 Å². The second-order valence-electron chi connectivity index (χ2n) is 6.01. The van der Waals surface area contributed by atoms with Crippen molar-refractivity contribution in [3.63, 3.8) is 0 Å². The largest absolute Gasteiger partial charge is 0.370 e. The first-order valence-electron chi connectivity index (χ1n) is 7.69. The lowest BCUT2D eigenvalue weighted by Crippen LogP contribution is -2.45. The molecule has 0 radical (unpaired) electrons. The summed E-state index contributed by atoms with van der Waals surface area (Å²) in [5, 5.41) is 5.31. The van der Waals surface area contributed by atoms with E-state index in [4.69, 9.17) is 0 Å². The highest BCUT2D eigenvalue weighted by Gasteiger charge is 2.31. The van der Waals surface area contributed by atoms with Crippen molar-refractivity contribution in [3.05, 3.63) is 23.7 Å². The number of thiophene rings is 1. The number of anilines is 1. The van der Waals surface area contributed by atoms with Gasteiger partial charge in [-0.25, -0.2) is 0 Å². The van der Waals surface area contributed by atoms with E-state index in [1.54, 1.807) is 11.3 Å². The highest BCUT2D eigenvalue weighted by Crippen LogP contribution is 2.32. The van der Waals surface area contributed by atoms with E-state index in [2.05, 4.69) is 32.7 Å². The van der Waals surface area contributed by atoms with Crippen LogP contribution in [0.3, 0.4) is 0 Å². The first-order chi connectivity index (χ1) is 10.3. The molecular weight excluding hydrogens is 282 g/mol. The molecule has 1 amide bonds. The fourth-order valence-corrected chi connectivity index (χ4v) is 3.93. The summed E-state index contributed by atoms with van der Waals surface area (Å²) in [5.74, 6) is 0.590. The summed E-state index contributed by atoms with van der Waals surface area (Å²) in [4.78, 5) is 18.7. The van der Waals surface area contributed by atoms with Crippen LogP contribution in [0, 0.1) is 5.92 Å². The molecule has 1 saturated heterocycles. The third-order valence-electron chi connectivity index (χ3n) is 4.45. The van der Waals surface area contributed by atoms with Gasteiger partial charge in [-0.2, -0.15) is 0 Å². The summed E-state index contributed by atoms with van der Waals surface area (Å²) in [6.45, 7) is 2.01. The molecule has 21 heavy (non-hydrogen) atoms. The quantitative estimate of drug-likeness (QED) is 0.948. The van der Waals surface area contributed by atoms with E-state index in [0.717, 1.165) is 44.3 Å². The predicted molar refractivity (Wildman–Crippen MR) is 85.7 cm³/mol. The standard InChI is InChI=1S/C16H19N3OS/c20-16(11-1-2-11)18-12-4-8-19(9-5-12)14-3-7-17-13-6-10-21-15(13)14/h3,6-7,10-12H,1-2,4-5,8-9H2,(H,18,20). The van der Waals surface area contributed by atoms with E-state index in [9.17, 15) is 4.79 Å². The summed E-state index contributed by atoms with van der Waals surface area (Å²) in [7, 11) is 0. The molecule has 0 spiro atoms. The number of piperidine rings is 1. The molecule has 5 heteroatoms. The Morgan fingerprint density at radius 3 is 2.81 bits per heavy atom. The Balaban J connectivity index is 1.42. The molecule has 1 aliphatic carbocycles. The van der Waals surface area contributed by atoms with Crippen LogP contribution in [0.5, 0.6) is 0 Å². The molecule has 110 valence electrons. The van der Waals surface area contributed by atoms with Crippen molar-refractivity contribution in [1.29, 1.82) is 0 Å². The Bertz CT molecular complexity index is 656. The molecule has 3 heterocycles. The molecule has 4 rings (SSSR count). The predicted octanol–water partition coefficient (Wildman–Crippen LogP) is 2.79. The van der Waals surface area contributed by atoms with Crippen LogP contribution in [-0.4, -0.2) is 30.0 Å². The molecule has 0 bridgehead atoms. The number of fused-ring (bicyclic) bond motifs is 1. The molecule has 1 saturated carbocycles. The zero-order valence-corrected chi connectivity index (χ0v) is 12.7. The lowest BCUT2D eigenvalue weighted by molar-refractivity contribution is -0.123. The van der Waals surface area contributed by atoms with Crippen molar-refractivity contribution in [1.82, 2.24) is 10.3 Å². The topological polar surface area (TPSA) is 45.2 Å². The van der Waals surface area contributed by atoms with Gasteiger partial charge in [-0.05, 0) is 43.2 Å². The Morgan fingerprint density at radius 2 is 2.05 bits per heavy atom. The van der Waals surface area contributed by atoms with Crippen molar-refractivity contribution in [2.24, 2.45) is 5.92 Å². The van der Waals surface area contributed by atoms with E-state index in [0.29, 0.717) is 12.0 Å². The number of amides is 1. The lowest BCUT2D eigenvalue weighted by Gasteiger charge is -2.34. The van der Waals surface area contributed by atoms with E-state index >= 15 is 0 Å². The summed E-state index contributed by atoms with van der Waals surface area (Å²) < 4.78 is 1.28. The molecule has 0 aromatic carbocycles. The number of rotatable bonds is 3. The van der Waals surface area contributed by atoms with Crippen LogP contribution in [-0.2, 0) is 4.79 Å². The van der Waals surface area contributed by atoms with Crippen molar-refractivity contribution >= 4 is 33.1 Å². The molecule has 2 aromatic heterocycles. The second-order valence-corrected chi connectivity index (χ2v) is 6.93. The van der Waals surface area contributed by atoms with Crippen LogP contribution in [0.25, 0.3) is 10.2 Å². The molecule has 2 aromatic rings. The maximum Gasteiger partial charge on any atom is 0.223 e. The minimum Gasteiger partial charge on any atom is -0.370 e. The van der Waals surface area contributed by atoms with E-state index in [1.807, 2.05) is 6.20 Å².